The molecule has 0 heterocycles. The van der Waals surface area contributed by atoms with E-state index in [9.17, 15) is 9.59 Å². The molecular weight excluding hydrogens is 222 g/mol. The van der Waals surface area contributed by atoms with Crippen LogP contribution in [0.15, 0.2) is 0 Å². The fraction of sp³-hybridized carbons (Fsp3) is 0.833. The number of carboxylic acids is 1. The van der Waals surface area contributed by atoms with Gasteiger partial charge in [0.15, 0.2) is 0 Å². The maximum atomic E-state index is 10.0. The van der Waals surface area contributed by atoms with E-state index in [1.165, 1.54) is 0 Å². The van der Waals surface area contributed by atoms with Crippen LogP contribution < -0.4 is 5.73 Å². The highest BCUT2D eigenvalue weighted by atomic mass is 16.6. The second-order valence-corrected chi connectivity index (χ2v) is 5.21. The summed E-state index contributed by atoms with van der Waals surface area (Å²) in [6.45, 7) is 9.48. The lowest BCUT2D eigenvalue weighted by Gasteiger charge is -2.16. The molecule has 0 aliphatic rings. The number of primary amides is 1. The smallest absolute Gasteiger partial charge is 0.405 e. The van der Waals surface area contributed by atoms with E-state index in [0.717, 1.165) is 12.8 Å². The fourth-order valence-electron chi connectivity index (χ4n) is 0.963. The molecule has 0 saturated carbocycles. The molecule has 0 aliphatic heterocycles. The van der Waals surface area contributed by atoms with Crippen LogP contribution in [-0.2, 0) is 9.53 Å². The normalized spacial score (nSPS) is 10.5. The van der Waals surface area contributed by atoms with Crippen LogP contribution in [0.5, 0.6) is 0 Å². The molecular formula is C12H25NO4. The van der Waals surface area contributed by atoms with E-state index in [-0.39, 0.29) is 0 Å². The lowest BCUT2D eigenvalue weighted by atomic mass is 10.1. The van der Waals surface area contributed by atoms with E-state index in [2.05, 4.69) is 18.6 Å². The minimum Gasteiger partial charge on any atom is -0.481 e. The zero-order valence-corrected chi connectivity index (χ0v) is 11.4. The molecule has 3 N–H and O–H groups in total. The quantitative estimate of drug-likeness (QED) is 0.799. The fourth-order valence-corrected chi connectivity index (χ4v) is 0.963. The molecule has 17 heavy (non-hydrogen) atoms. The Bertz CT molecular complexity index is 231. The van der Waals surface area contributed by atoms with Gasteiger partial charge in [0.1, 0.15) is 5.60 Å². The predicted molar refractivity (Wildman–Crippen MR) is 66.7 cm³/mol. The molecule has 0 bridgehead atoms. The van der Waals surface area contributed by atoms with Crippen molar-refractivity contribution in [3.05, 3.63) is 0 Å². The lowest BCUT2D eigenvalue weighted by molar-refractivity contribution is -0.137. The summed E-state index contributed by atoms with van der Waals surface area (Å²) >= 11 is 0. The van der Waals surface area contributed by atoms with Gasteiger partial charge >= 0.3 is 12.1 Å². The van der Waals surface area contributed by atoms with Gasteiger partial charge in [-0.2, -0.15) is 0 Å². The molecule has 0 unspecified atom stereocenters. The van der Waals surface area contributed by atoms with Crippen molar-refractivity contribution in [3.8, 4) is 0 Å². The molecule has 102 valence electrons. The van der Waals surface area contributed by atoms with Crippen LogP contribution in [0.3, 0.4) is 0 Å². The zero-order chi connectivity index (χ0) is 14.1. The number of ether oxygens (including phenoxy) is 1. The molecule has 5 nitrogen and oxygen atoms in total. The van der Waals surface area contributed by atoms with Crippen molar-refractivity contribution in [1.29, 1.82) is 0 Å². The Labute approximate surface area is 103 Å². The molecule has 1 amide bonds. The topological polar surface area (TPSA) is 89.6 Å². The lowest BCUT2D eigenvalue weighted by Crippen LogP contribution is -2.27. The Morgan fingerprint density at radius 2 is 1.76 bits per heavy atom. The number of amides is 1. The van der Waals surface area contributed by atoms with Gasteiger partial charge in [0.05, 0.1) is 0 Å². The van der Waals surface area contributed by atoms with Crippen LogP contribution in [0.25, 0.3) is 0 Å². The van der Waals surface area contributed by atoms with Crippen molar-refractivity contribution < 1.29 is 19.4 Å². The van der Waals surface area contributed by atoms with Crippen molar-refractivity contribution in [1.82, 2.24) is 0 Å². The summed E-state index contributed by atoms with van der Waals surface area (Å²) in [5, 5.41) is 8.23. The van der Waals surface area contributed by atoms with Gasteiger partial charge in [-0.1, -0.05) is 20.3 Å². The van der Waals surface area contributed by atoms with Crippen LogP contribution in [0, 0.1) is 5.92 Å². The van der Waals surface area contributed by atoms with Gasteiger partial charge in [-0.3, -0.25) is 4.79 Å². The van der Waals surface area contributed by atoms with Crippen LogP contribution in [-0.4, -0.2) is 22.8 Å². The number of carbonyl (C=O) groups excluding carboxylic acids is 1. The van der Waals surface area contributed by atoms with Crippen LogP contribution >= 0.6 is 0 Å². The zero-order valence-electron chi connectivity index (χ0n) is 11.4. The van der Waals surface area contributed by atoms with Gasteiger partial charge < -0.3 is 15.6 Å². The third-order valence-corrected chi connectivity index (χ3v) is 1.58. The largest absolute Gasteiger partial charge is 0.481 e. The van der Waals surface area contributed by atoms with Gasteiger partial charge in [-0.15, -0.1) is 0 Å². The van der Waals surface area contributed by atoms with Gasteiger partial charge in [0.2, 0.25) is 0 Å². The summed E-state index contributed by atoms with van der Waals surface area (Å²) in [4.78, 5) is 20.0. The maximum absolute atomic E-state index is 10.0. The summed E-state index contributed by atoms with van der Waals surface area (Å²) in [5.74, 6) is -0.0556. The molecule has 0 aromatic heterocycles. The first-order chi connectivity index (χ1) is 7.54. The van der Waals surface area contributed by atoms with Crippen molar-refractivity contribution in [2.75, 3.05) is 0 Å². The number of carbonyl (C=O) groups is 2. The molecule has 0 saturated heterocycles. The van der Waals surface area contributed by atoms with Gasteiger partial charge in [0.25, 0.3) is 0 Å². The number of rotatable bonds is 4. The first kappa shape index (κ1) is 18.1. The Balaban J connectivity index is 0. The van der Waals surface area contributed by atoms with E-state index in [1.54, 1.807) is 20.8 Å². The molecule has 0 fully saturated rings. The molecule has 0 radical (unpaired) electrons. The standard InChI is InChI=1S/C7H14O2.C5H11NO2/c1-6(2)4-3-5-7(8)9;1-5(2,3)8-4(6)7/h6H,3-5H2,1-2H3,(H,8,9);1-3H3,(H2,6,7). The predicted octanol–water partition coefficient (Wildman–Crippen LogP) is 2.78. The third kappa shape index (κ3) is 25.2. The molecule has 0 aliphatic carbocycles. The molecule has 5 heteroatoms. The highest BCUT2D eigenvalue weighted by Crippen LogP contribution is 2.05. The summed E-state index contributed by atoms with van der Waals surface area (Å²) in [6, 6.07) is 0. The van der Waals surface area contributed by atoms with Gasteiger partial charge in [0, 0.05) is 6.42 Å². The first-order valence-corrected chi connectivity index (χ1v) is 5.75. The van der Waals surface area contributed by atoms with Gasteiger partial charge in [-0.05, 0) is 33.1 Å². The minimum absolute atomic E-state index is 0.318. The number of hydrogen-bond donors (Lipinski definition) is 2. The average Bonchev–Trinajstić information content (AvgIpc) is 1.97. The highest BCUT2D eigenvalue weighted by Gasteiger charge is 2.12. The van der Waals surface area contributed by atoms with E-state index < -0.39 is 17.7 Å². The minimum atomic E-state index is -0.725. The van der Waals surface area contributed by atoms with E-state index >= 15 is 0 Å². The first-order valence-electron chi connectivity index (χ1n) is 5.75. The van der Waals surface area contributed by atoms with Crippen molar-refractivity contribution >= 4 is 12.1 Å². The second-order valence-electron chi connectivity index (χ2n) is 5.21. The third-order valence-electron chi connectivity index (χ3n) is 1.58. The van der Waals surface area contributed by atoms with Crippen LogP contribution in [0.1, 0.15) is 53.9 Å². The second kappa shape index (κ2) is 8.84. The van der Waals surface area contributed by atoms with Crippen molar-refractivity contribution in [2.45, 2.75) is 59.5 Å². The number of carboxylic acid groups (broad SMARTS) is 1. The van der Waals surface area contributed by atoms with E-state index in [0.29, 0.717) is 12.3 Å². The molecule has 0 atom stereocenters. The monoisotopic (exact) mass is 247 g/mol. The summed E-state index contributed by atoms with van der Waals surface area (Å²) in [7, 11) is 0. The van der Waals surface area contributed by atoms with E-state index in [4.69, 9.17) is 10.8 Å². The number of aliphatic carboxylic acids is 1. The Kier molecular flexibility index (Phi) is 9.42. The summed E-state index contributed by atoms with van der Waals surface area (Å²) in [6.07, 6.45) is 1.43. The maximum Gasteiger partial charge on any atom is 0.405 e. The van der Waals surface area contributed by atoms with Gasteiger partial charge in [-0.25, -0.2) is 4.79 Å². The molecule has 0 spiro atoms. The molecule has 0 aromatic carbocycles. The Morgan fingerprint density at radius 1 is 1.29 bits per heavy atom. The SMILES string of the molecule is CC(C)(C)OC(N)=O.CC(C)CCCC(=O)O. The van der Waals surface area contributed by atoms with Crippen LogP contribution in [0.2, 0.25) is 0 Å². The Hall–Kier alpha value is -1.26. The number of nitrogens with two attached hydrogens (primary N) is 1. The number of hydrogen-bond acceptors (Lipinski definition) is 3. The van der Waals surface area contributed by atoms with E-state index in [1.807, 2.05) is 0 Å². The summed E-state index contributed by atoms with van der Waals surface area (Å²) in [5.41, 5.74) is 4.26. The summed E-state index contributed by atoms with van der Waals surface area (Å²) < 4.78 is 4.58. The average molecular weight is 247 g/mol. The molecule has 0 rings (SSSR count). The Morgan fingerprint density at radius 3 is 1.94 bits per heavy atom. The van der Waals surface area contributed by atoms with Crippen molar-refractivity contribution in [3.63, 3.8) is 0 Å². The molecule has 0 aromatic rings. The van der Waals surface area contributed by atoms with Crippen molar-refractivity contribution in [2.24, 2.45) is 11.7 Å². The van der Waals surface area contributed by atoms with Crippen LogP contribution in [0.4, 0.5) is 4.79 Å². The highest BCUT2D eigenvalue weighted by molar-refractivity contribution is 5.66.